The zero-order valence-corrected chi connectivity index (χ0v) is 11.9. The number of nitrogens with one attached hydrogen (secondary N) is 1. The molecule has 0 aliphatic heterocycles. The molecule has 0 bridgehead atoms. The van der Waals surface area contributed by atoms with Crippen molar-refractivity contribution in [2.24, 2.45) is 5.92 Å². The van der Waals surface area contributed by atoms with Crippen molar-refractivity contribution in [3.05, 3.63) is 16.1 Å². The summed E-state index contributed by atoms with van der Waals surface area (Å²) in [5.41, 5.74) is 1.24. The third-order valence-electron chi connectivity index (χ3n) is 3.93. The molecule has 1 unspecified atom stereocenters. The van der Waals surface area contributed by atoms with E-state index < -0.39 is 0 Å². The highest BCUT2D eigenvalue weighted by Crippen LogP contribution is 2.30. The van der Waals surface area contributed by atoms with Crippen molar-refractivity contribution >= 4 is 11.3 Å². The molecule has 2 nitrogen and oxygen atoms in total. The minimum atomic E-state index is 0.460. The Kier molecular flexibility index (Phi) is 4.99. The SMILES string of the molecule is CNC(CCC1CCCCC1)c1csc(C)n1. The van der Waals surface area contributed by atoms with Crippen molar-refractivity contribution in [3.63, 3.8) is 0 Å². The molecule has 0 spiro atoms. The molecule has 1 heterocycles. The van der Waals surface area contributed by atoms with Crippen molar-refractivity contribution in [1.29, 1.82) is 0 Å². The lowest BCUT2D eigenvalue weighted by Crippen LogP contribution is -2.18. The van der Waals surface area contributed by atoms with E-state index in [1.54, 1.807) is 11.3 Å². The first-order valence-electron chi connectivity index (χ1n) is 6.89. The monoisotopic (exact) mass is 252 g/mol. The Hall–Kier alpha value is -0.410. The predicted octanol–water partition coefficient (Wildman–Crippen LogP) is 4.07. The zero-order valence-electron chi connectivity index (χ0n) is 11.0. The molecule has 1 fully saturated rings. The second-order valence-corrected chi connectivity index (χ2v) is 6.28. The van der Waals surface area contributed by atoms with Gasteiger partial charge >= 0.3 is 0 Å². The number of hydrogen-bond acceptors (Lipinski definition) is 3. The van der Waals surface area contributed by atoms with Crippen LogP contribution in [0, 0.1) is 12.8 Å². The summed E-state index contributed by atoms with van der Waals surface area (Å²) in [5, 5.41) is 6.80. The van der Waals surface area contributed by atoms with Crippen LogP contribution in [0.5, 0.6) is 0 Å². The van der Waals surface area contributed by atoms with Gasteiger partial charge in [-0.3, -0.25) is 0 Å². The number of aryl methyl sites for hydroxylation is 1. The number of rotatable bonds is 5. The molecule has 0 amide bonds. The molecule has 17 heavy (non-hydrogen) atoms. The van der Waals surface area contributed by atoms with Crippen molar-refractivity contribution in [2.75, 3.05) is 7.05 Å². The fourth-order valence-corrected chi connectivity index (χ4v) is 3.52. The van der Waals surface area contributed by atoms with Crippen LogP contribution in [0.15, 0.2) is 5.38 Å². The summed E-state index contributed by atoms with van der Waals surface area (Å²) in [4.78, 5) is 4.60. The van der Waals surface area contributed by atoms with Gasteiger partial charge in [-0.25, -0.2) is 4.98 Å². The predicted molar refractivity (Wildman–Crippen MR) is 74.5 cm³/mol. The molecule has 0 saturated heterocycles. The summed E-state index contributed by atoms with van der Waals surface area (Å²) < 4.78 is 0. The maximum atomic E-state index is 4.60. The molecule has 1 N–H and O–H groups in total. The highest BCUT2D eigenvalue weighted by Gasteiger charge is 2.17. The van der Waals surface area contributed by atoms with Crippen molar-refractivity contribution in [1.82, 2.24) is 10.3 Å². The van der Waals surface area contributed by atoms with Gasteiger partial charge in [0.2, 0.25) is 0 Å². The first-order chi connectivity index (χ1) is 8.29. The second-order valence-electron chi connectivity index (χ2n) is 5.21. The van der Waals surface area contributed by atoms with Gasteiger partial charge < -0.3 is 5.32 Å². The lowest BCUT2D eigenvalue weighted by Gasteiger charge is -2.23. The van der Waals surface area contributed by atoms with Crippen molar-refractivity contribution in [2.45, 2.75) is 57.9 Å². The Morgan fingerprint density at radius 3 is 2.76 bits per heavy atom. The summed E-state index contributed by atoms with van der Waals surface area (Å²) in [5.74, 6) is 0.972. The van der Waals surface area contributed by atoms with E-state index >= 15 is 0 Å². The molecule has 0 radical (unpaired) electrons. The highest BCUT2D eigenvalue weighted by atomic mass is 32.1. The van der Waals surface area contributed by atoms with Gasteiger partial charge in [0.1, 0.15) is 0 Å². The number of aromatic nitrogens is 1. The average Bonchev–Trinajstić information content (AvgIpc) is 2.78. The normalized spacial score (nSPS) is 19.4. The molecule has 1 aliphatic rings. The maximum Gasteiger partial charge on any atom is 0.0898 e. The molecule has 1 aromatic heterocycles. The van der Waals surface area contributed by atoms with E-state index in [2.05, 4.69) is 29.7 Å². The third-order valence-corrected chi connectivity index (χ3v) is 4.72. The van der Waals surface area contributed by atoms with Gasteiger partial charge in [-0.05, 0) is 32.7 Å². The molecule has 1 saturated carbocycles. The van der Waals surface area contributed by atoms with Crippen LogP contribution in [0.3, 0.4) is 0 Å². The Labute approximate surface area is 109 Å². The fraction of sp³-hybridized carbons (Fsp3) is 0.786. The smallest absolute Gasteiger partial charge is 0.0898 e. The Morgan fingerprint density at radius 1 is 1.41 bits per heavy atom. The number of hydrogen-bond donors (Lipinski definition) is 1. The molecular formula is C14H24N2S. The summed E-state index contributed by atoms with van der Waals surface area (Å²) >= 11 is 1.76. The summed E-state index contributed by atoms with van der Waals surface area (Å²) in [6, 6.07) is 0.460. The van der Waals surface area contributed by atoms with E-state index in [0.29, 0.717) is 6.04 Å². The highest BCUT2D eigenvalue weighted by molar-refractivity contribution is 7.09. The topological polar surface area (TPSA) is 24.9 Å². The minimum Gasteiger partial charge on any atom is -0.312 e. The van der Waals surface area contributed by atoms with Gasteiger partial charge in [0.05, 0.1) is 16.7 Å². The molecule has 1 atom stereocenters. The van der Waals surface area contributed by atoms with Crippen LogP contribution < -0.4 is 5.32 Å². The van der Waals surface area contributed by atoms with Crippen molar-refractivity contribution in [3.8, 4) is 0 Å². The number of nitrogens with zero attached hydrogens (tertiary/aromatic N) is 1. The summed E-state index contributed by atoms with van der Waals surface area (Å²) in [6.45, 7) is 2.09. The molecule has 2 rings (SSSR count). The molecule has 1 aromatic rings. The van der Waals surface area contributed by atoms with E-state index in [1.807, 2.05) is 0 Å². The van der Waals surface area contributed by atoms with Crippen molar-refractivity contribution < 1.29 is 0 Å². The minimum absolute atomic E-state index is 0.460. The largest absolute Gasteiger partial charge is 0.312 e. The van der Waals surface area contributed by atoms with E-state index in [-0.39, 0.29) is 0 Å². The van der Waals surface area contributed by atoms with Crippen LogP contribution >= 0.6 is 11.3 Å². The zero-order chi connectivity index (χ0) is 12.1. The van der Waals surface area contributed by atoms with Gasteiger partial charge in [-0.15, -0.1) is 11.3 Å². The Morgan fingerprint density at radius 2 is 2.18 bits per heavy atom. The van der Waals surface area contributed by atoms with Crippen LogP contribution in [0.4, 0.5) is 0 Å². The first-order valence-corrected chi connectivity index (χ1v) is 7.77. The van der Waals surface area contributed by atoms with E-state index in [4.69, 9.17) is 0 Å². The molecule has 96 valence electrons. The van der Waals surface area contributed by atoms with E-state index in [0.717, 1.165) is 5.92 Å². The Bertz CT molecular complexity index is 329. The van der Waals surface area contributed by atoms with Gasteiger partial charge in [0.15, 0.2) is 0 Å². The number of thiazole rings is 1. The summed E-state index contributed by atoms with van der Waals surface area (Å²) in [6.07, 6.45) is 9.86. The first kappa shape index (κ1) is 13.0. The van der Waals surface area contributed by atoms with Crippen LogP contribution in [-0.2, 0) is 0 Å². The fourth-order valence-electron chi connectivity index (χ4n) is 2.86. The maximum absolute atomic E-state index is 4.60. The van der Waals surface area contributed by atoms with Crippen LogP contribution in [0.25, 0.3) is 0 Å². The summed E-state index contributed by atoms with van der Waals surface area (Å²) in [7, 11) is 2.06. The van der Waals surface area contributed by atoms with E-state index in [9.17, 15) is 0 Å². The Balaban J connectivity index is 1.82. The van der Waals surface area contributed by atoms with Gasteiger partial charge in [0.25, 0.3) is 0 Å². The molecule has 1 aliphatic carbocycles. The third kappa shape index (κ3) is 3.78. The lowest BCUT2D eigenvalue weighted by atomic mass is 9.85. The van der Waals surface area contributed by atoms with Crippen LogP contribution in [-0.4, -0.2) is 12.0 Å². The lowest BCUT2D eigenvalue weighted by molar-refractivity contribution is 0.316. The quantitative estimate of drug-likeness (QED) is 0.854. The van der Waals surface area contributed by atoms with Gasteiger partial charge in [0, 0.05) is 5.38 Å². The van der Waals surface area contributed by atoms with Crippen LogP contribution in [0.1, 0.15) is 61.7 Å². The average molecular weight is 252 g/mol. The van der Waals surface area contributed by atoms with Gasteiger partial charge in [-0.1, -0.05) is 32.1 Å². The van der Waals surface area contributed by atoms with E-state index in [1.165, 1.54) is 55.6 Å². The standard InChI is InChI=1S/C14H24N2S/c1-11-16-14(10-17-11)13(15-2)9-8-12-6-4-3-5-7-12/h10,12-13,15H,3-9H2,1-2H3. The molecule has 0 aromatic carbocycles. The molecule has 3 heteroatoms. The van der Waals surface area contributed by atoms with Crippen LogP contribution in [0.2, 0.25) is 0 Å². The molecular weight excluding hydrogens is 228 g/mol. The van der Waals surface area contributed by atoms with Gasteiger partial charge in [-0.2, -0.15) is 0 Å². The second kappa shape index (κ2) is 6.50.